The molecule has 20 heavy (non-hydrogen) atoms. The highest BCUT2D eigenvalue weighted by Crippen LogP contribution is 2.26. The fourth-order valence-corrected chi connectivity index (χ4v) is 3.23. The van der Waals surface area contributed by atoms with Crippen LogP contribution in [0.15, 0.2) is 41.4 Å². The Hall–Kier alpha value is -1.09. The second kappa shape index (κ2) is 7.63. The Bertz CT molecular complexity index is 472. The van der Waals surface area contributed by atoms with Crippen LogP contribution in [-0.4, -0.2) is 16.8 Å². The van der Waals surface area contributed by atoms with Gasteiger partial charge in [-0.05, 0) is 43.7 Å². The molecular weight excluding hydrogens is 314 g/mol. The molecule has 1 saturated heterocycles. The summed E-state index contributed by atoms with van der Waals surface area (Å²) < 4.78 is 1.09. The van der Waals surface area contributed by atoms with Crippen molar-refractivity contribution in [3.63, 3.8) is 0 Å². The summed E-state index contributed by atoms with van der Waals surface area (Å²) in [6.45, 7) is 4.49. The van der Waals surface area contributed by atoms with Crippen molar-refractivity contribution in [2.45, 2.75) is 51.1 Å². The monoisotopic (exact) mass is 335 g/mol. The minimum Gasteiger partial charge on any atom is -0.335 e. The molecule has 1 aliphatic heterocycles. The lowest BCUT2D eigenvalue weighted by molar-refractivity contribution is -0.137. The summed E-state index contributed by atoms with van der Waals surface area (Å²) in [4.78, 5) is 14.3. The summed E-state index contributed by atoms with van der Waals surface area (Å²) in [5.41, 5.74) is 1.19. The molecule has 0 aromatic heterocycles. The fourth-order valence-electron chi connectivity index (χ4n) is 2.82. The number of allylic oxidation sites excluding steroid dienone is 1. The zero-order valence-corrected chi connectivity index (χ0v) is 13.4. The molecule has 0 aliphatic carbocycles. The number of piperidine rings is 1. The van der Waals surface area contributed by atoms with E-state index in [1.165, 1.54) is 5.56 Å². The maximum absolute atomic E-state index is 12.2. The summed E-state index contributed by atoms with van der Waals surface area (Å²) in [7, 11) is 0. The first-order chi connectivity index (χ1) is 9.72. The van der Waals surface area contributed by atoms with Gasteiger partial charge in [0.2, 0.25) is 5.91 Å². The lowest BCUT2D eigenvalue weighted by Gasteiger charge is -2.36. The number of halogens is 1. The molecule has 1 aromatic rings. The van der Waals surface area contributed by atoms with Gasteiger partial charge >= 0.3 is 0 Å². The number of unbranched alkanes of at least 4 members (excludes halogenated alkanes) is 1. The van der Waals surface area contributed by atoms with E-state index in [9.17, 15) is 4.79 Å². The Morgan fingerprint density at radius 1 is 1.40 bits per heavy atom. The summed E-state index contributed by atoms with van der Waals surface area (Å²) in [5, 5.41) is 0. The van der Waals surface area contributed by atoms with Gasteiger partial charge in [0.05, 0.1) is 0 Å². The molecule has 1 amide bonds. The van der Waals surface area contributed by atoms with Crippen molar-refractivity contribution in [2.24, 2.45) is 0 Å². The molecule has 1 fully saturated rings. The minimum absolute atomic E-state index is 0.301. The largest absolute Gasteiger partial charge is 0.335 e. The number of nitrogens with zero attached hydrogens (tertiary/aromatic N) is 1. The van der Waals surface area contributed by atoms with Gasteiger partial charge in [-0.25, -0.2) is 0 Å². The highest BCUT2D eigenvalue weighted by Gasteiger charge is 2.27. The lowest BCUT2D eigenvalue weighted by atomic mass is 9.96. The second-order valence-electron chi connectivity index (χ2n) is 5.38. The molecule has 0 bridgehead atoms. The van der Waals surface area contributed by atoms with E-state index in [1.807, 2.05) is 24.3 Å². The maximum Gasteiger partial charge on any atom is 0.223 e. The van der Waals surface area contributed by atoms with Crippen molar-refractivity contribution in [3.05, 3.63) is 47.0 Å². The topological polar surface area (TPSA) is 20.3 Å². The number of carbonyl (C=O) groups is 1. The second-order valence-corrected chi connectivity index (χ2v) is 6.23. The number of hydrogen-bond donors (Lipinski definition) is 0. The molecule has 0 spiro atoms. The minimum atomic E-state index is 0.301. The van der Waals surface area contributed by atoms with Gasteiger partial charge in [-0.3, -0.25) is 4.79 Å². The van der Waals surface area contributed by atoms with Gasteiger partial charge in [0.1, 0.15) is 0 Å². The molecule has 0 N–H and O–H groups in total. The van der Waals surface area contributed by atoms with Crippen LogP contribution in [0.2, 0.25) is 0 Å². The van der Waals surface area contributed by atoms with E-state index in [4.69, 9.17) is 0 Å². The fraction of sp³-hybridized carbons (Fsp3) is 0.471. The van der Waals surface area contributed by atoms with Crippen LogP contribution in [0.1, 0.15) is 44.1 Å². The van der Waals surface area contributed by atoms with Crippen molar-refractivity contribution >= 4 is 21.8 Å². The molecule has 2 rings (SSSR count). The zero-order chi connectivity index (χ0) is 14.4. The van der Waals surface area contributed by atoms with E-state index in [1.54, 1.807) is 0 Å². The average Bonchev–Trinajstić information content (AvgIpc) is 2.44. The molecule has 1 unspecified atom stereocenters. The van der Waals surface area contributed by atoms with Crippen LogP contribution in [0.5, 0.6) is 0 Å². The molecule has 108 valence electrons. The van der Waals surface area contributed by atoms with Gasteiger partial charge in [-0.1, -0.05) is 40.2 Å². The van der Waals surface area contributed by atoms with Crippen molar-refractivity contribution in [3.8, 4) is 0 Å². The third kappa shape index (κ3) is 3.95. The number of hydrogen-bond acceptors (Lipinski definition) is 1. The van der Waals surface area contributed by atoms with Gasteiger partial charge in [0.25, 0.3) is 0 Å². The highest BCUT2D eigenvalue weighted by molar-refractivity contribution is 9.10. The number of likely N-dealkylation sites (tertiary alicyclic amines) is 1. The van der Waals surface area contributed by atoms with Gasteiger partial charge in [0.15, 0.2) is 0 Å². The van der Waals surface area contributed by atoms with Crippen LogP contribution in [-0.2, 0) is 11.3 Å². The van der Waals surface area contributed by atoms with Gasteiger partial charge < -0.3 is 4.90 Å². The predicted molar refractivity (Wildman–Crippen MR) is 86.4 cm³/mol. The first kappa shape index (κ1) is 15.3. The van der Waals surface area contributed by atoms with E-state index in [-0.39, 0.29) is 0 Å². The standard InChI is InChI=1S/C17H22BrNO/c1-2-3-4-9-15-10-7-12-17(20)19(15)13-14-8-5-6-11-16(14)18/h2,5-6,8,11,15H,1,3-4,7,9-10,12-13H2. The SMILES string of the molecule is C=CCCCC1CCCC(=O)N1Cc1ccccc1Br. The molecule has 3 heteroatoms. The molecular formula is C17H22BrNO. The number of carbonyl (C=O) groups excluding carboxylic acids is 1. The van der Waals surface area contributed by atoms with Crippen molar-refractivity contribution < 1.29 is 4.79 Å². The Labute approximate surface area is 130 Å². The first-order valence-electron chi connectivity index (χ1n) is 7.36. The summed E-state index contributed by atoms with van der Waals surface area (Å²) in [5.74, 6) is 0.301. The number of amides is 1. The van der Waals surface area contributed by atoms with Gasteiger partial charge in [-0.2, -0.15) is 0 Å². The van der Waals surface area contributed by atoms with E-state index >= 15 is 0 Å². The molecule has 0 radical (unpaired) electrons. The van der Waals surface area contributed by atoms with E-state index in [0.717, 1.165) is 43.1 Å². The third-order valence-electron chi connectivity index (χ3n) is 3.93. The lowest BCUT2D eigenvalue weighted by Crippen LogP contribution is -2.43. The molecule has 1 aromatic carbocycles. The first-order valence-corrected chi connectivity index (χ1v) is 8.15. The molecule has 1 heterocycles. The third-order valence-corrected chi connectivity index (χ3v) is 4.71. The quantitative estimate of drug-likeness (QED) is 0.545. The molecule has 0 saturated carbocycles. The Morgan fingerprint density at radius 3 is 2.95 bits per heavy atom. The summed E-state index contributed by atoms with van der Waals surface area (Å²) >= 11 is 3.58. The van der Waals surface area contributed by atoms with Crippen LogP contribution in [0.25, 0.3) is 0 Å². The normalized spacial score (nSPS) is 19.1. The Morgan fingerprint density at radius 2 is 2.20 bits per heavy atom. The van der Waals surface area contributed by atoms with Crippen LogP contribution in [0.4, 0.5) is 0 Å². The van der Waals surface area contributed by atoms with Gasteiger partial charge in [0, 0.05) is 23.5 Å². The van der Waals surface area contributed by atoms with Gasteiger partial charge in [-0.15, -0.1) is 6.58 Å². The van der Waals surface area contributed by atoms with Crippen LogP contribution >= 0.6 is 15.9 Å². The number of benzene rings is 1. The maximum atomic E-state index is 12.2. The van der Waals surface area contributed by atoms with E-state index < -0.39 is 0 Å². The molecule has 1 atom stereocenters. The number of rotatable bonds is 6. The van der Waals surface area contributed by atoms with E-state index in [0.29, 0.717) is 18.4 Å². The highest BCUT2D eigenvalue weighted by atomic mass is 79.9. The van der Waals surface area contributed by atoms with Crippen LogP contribution in [0, 0.1) is 0 Å². The van der Waals surface area contributed by atoms with Crippen LogP contribution in [0.3, 0.4) is 0 Å². The molecule has 1 aliphatic rings. The average molecular weight is 336 g/mol. The van der Waals surface area contributed by atoms with Crippen LogP contribution < -0.4 is 0 Å². The predicted octanol–water partition coefficient (Wildman–Crippen LogP) is 4.69. The Kier molecular flexibility index (Phi) is 5.84. The van der Waals surface area contributed by atoms with Crippen molar-refractivity contribution in [1.29, 1.82) is 0 Å². The molecule has 2 nitrogen and oxygen atoms in total. The summed E-state index contributed by atoms with van der Waals surface area (Å²) in [6, 6.07) is 8.56. The van der Waals surface area contributed by atoms with Crippen molar-refractivity contribution in [2.75, 3.05) is 0 Å². The zero-order valence-electron chi connectivity index (χ0n) is 11.9. The summed E-state index contributed by atoms with van der Waals surface area (Å²) in [6.07, 6.45) is 8.06. The Balaban J connectivity index is 2.05. The smallest absolute Gasteiger partial charge is 0.223 e. The van der Waals surface area contributed by atoms with Crippen molar-refractivity contribution in [1.82, 2.24) is 4.90 Å². The van der Waals surface area contributed by atoms with E-state index in [2.05, 4.69) is 33.5 Å².